The van der Waals surface area contributed by atoms with Crippen LogP contribution in [0.15, 0.2) is 118 Å². The zero-order valence-electron chi connectivity index (χ0n) is 23.8. The van der Waals surface area contributed by atoms with Crippen LogP contribution in [-0.4, -0.2) is 22.2 Å². The number of oxazole rings is 2. The van der Waals surface area contributed by atoms with Crippen LogP contribution in [0, 0.1) is 0 Å². The Kier molecular flexibility index (Phi) is 7.04. The van der Waals surface area contributed by atoms with Crippen LogP contribution in [0.1, 0.15) is 28.4 Å². The molecule has 0 atom stereocenters. The highest BCUT2D eigenvalue weighted by Crippen LogP contribution is 2.40. The van der Waals surface area contributed by atoms with Crippen molar-refractivity contribution in [3.8, 4) is 39.8 Å². The average molecular weight is 579 g/mol. The van der Waals surface area contributed by atoms with Gasteiger partial charge < -0.3 is 13.6 Å². The number of hydrogen-bond acceptors (Lipinski definition) is 7. The molecule has 44 heavy (non-hydrogen) atoms. The number of benzene rings is 5. The maximum atomic E-state index is 13.4. The van der Waals surface area contributed by atoms with Gasteiger partial charge in [0.1, 0.15) is 16.8 Å². The number of carbonyl (C=O) groups excluding carboxylic acids is 2. The Hall–Kier alpha value is -5.82. The minimum absolute atomic E-state index is 0.0828. The standard InChI is InChI=1S/C37H26N2O5/c1-2-23-15-17-25(28(19-23)36-38-30-10-4-7-13-34(30)43-36)26-18-16-24(21-32(41)27-9-3-6-12-33(27)42-22-40)20-29(26)37-39-31-11-5-8-14-35(31)44-37/h3-20,22H,2,21H2,1H3. The molecule has 7 rings (SSSR count). The summed E-state index contributed by atoms with van der Waals surface area (Å²) in [4.78, 5) is 34.0. The molecule has 0 amide bonds. The molecule has 7 heteroatoms. The van der Waals surface area contributed by atoms with E-state index in [1.807, 2.05) is 66.7 Å². The van der Waals surface area contributed by atoms with E-state index in [-0.39, 0.29) is 18.0 Å². The molecule has 0 radical (unpaired) electrons. The molecule has 0 unspecified atom stereocenters. The van der Waals surface area contributed by atoms with E-state index in [9.17, 15) is 9.59 Å². The topological polar surface area (TPSA) is 95.4 Å². The first-order valence-electron chi connectivity index (χ1n) is 14.3. The van der Waals surface area contributed by atoms with Crippen LogP contribution in [0.5, 0.6) is 5.75 Å². The molecule has 0 saturated heterocycles. The number of rotatable bonds is 9. The summed E-state index contributed by atoms with van der Waals surface area (Å²) in [6.45, 7) is 2.43. The van der Waals surface area contributed by atoms with Gasteiger partial charge >= 0.3 is 0 Å². The van der Waals surface area contributed by atoms with E-state index >= 15 is 0 Å². The van der Waals surface area contributed by atoms with Crippen molar-refractivity contribution in [2.75, 3.05) is 0 Å². The monoisotopic (exact) mass is 578 g/mol. The summed E-state index contributed by atoms with van der Waals surface area (Å²) >= 11 is 0. The number of aryl methyl sites for hydroxylation is 1. The van der Waals surface area contributed by atoms with Gasteiger partial charge in [0.05, 0.1) is 5.56 Å². The largest absolute Gasteiger partial charge is 0.436 e. The second-order valence-corrected chi connectivity index (χ2v) is 10.4. The van der Waals surface area contributed by atoms with Crippen LogP contribution in [0.4, 0.5) is 0 Å². The first-order valence-corrected chi connectivity index (χ1v) is 14.3. The van der Waals surface area contributed by atoms with Crippen LogP contribution in [0.3, 0.4) is 0 Å². The minimum atomic E-state index is -0.182. The Bertz CT molecular complexity index is 2110. The summed E-state index contributed by atoms with van der Waals surface area (Å²) < 4.78 is 17.5. The molecule has 7 nitrogen and oxygen atoms in total. The third-order valence-corrected chi connectivity index (χ3v) is 7.64. The van der Waals surface area contributed by atoms with Gasteiger partial charge in [-0.2, -0.15) is 0 Å². The number of Topliss-reactive ketones (excluding diaryl/α,β-unsaturated/α-hetero) is 1. The number of hydrogen-bond donors (Lipinski definition) is 0. The summed E-state index contributed by atoms with van der Waals surface area (Å²) in [5.41, 5.74) is 8.45. The van der Waals surface area contributed by atoms with E-state index in [4.69, 9.17) is 23.5 Å². The van der Waals surface area contributed by atoms with Gasteiger partial charge in [-0.1, -0.05) is 67.6 Å². The maximum Gasteiger partial charge on any atom is 0.298 e. The van der Waals surface area contributed by atoms with Crippen LogP contribution in [-0.2, 0) is 17.6 Å². The lowest BCUT2D eigenvalue weighted by Gasteiger charge is -2.14. The number of ether oxygens (including phenoxy) is 1. The summed E-state index contributed by atoms with van der Waals surface area (Å²) in [7, 11) is 0. The van der Waals surface area contributed by atoms with E-state index in [1.165, 1.54) is 0 Å². The Morgan fingerprint density at radius 2 is 1.23 bits per heavy atom. The number of aromatic nitrogens is 2. The minimum Gasteiger partial charge on any atom is -0.436 e. The van der Waals surface area contributed by atoms with Crippen molar-refractivity contribution in [2.45, 2.75) is 19.8 Å². The van der Waals surface area contributed by atoms with Crippen molar-refractivity contribution < 1.29 is 23.2 Å². The fourth-order valence-electron chi connectivity index (χ4n) is 5.44. The van der Waals surface area contributed by atoms with E-state index < -0.39 is 0 Å². The molecule has 214 valence electrons. The van der Waals surface area contributed by atoms with Gasteiger partial charge in [-0.05, 0) is 77.2 Å². The summed E-state index contributed by atoms with van der Waals surface area (Å²) in [6, 6.07) is 34.1. The lowest BCUT2D eigenvalue weighted by molar-refractivity contribution is -0.120. The Labute approximate surface area is 252 Å². The van der Waals surface area contributed by atoms with Gasteiger partial charge in [0.2, 0.25) is 11.8 Å². The zero-order chi connectivity index (χ0) is 30.0. The molecule has 7 aromatic rings. The summed E-state index contributed by atoms with van der Waals surface area (Å²) in [5, 5.41) is 0. The number of nitrogens with zero attached hydrogens (tertiary/aromatic N) is 2. The van der Waals surface area contributed by atoms with Crippen molar-refractivity contribution in [1.82, 2.24) is 9.97 Å². The molecule has 0 aliphatic carbocycles. The van der Waals surface area contributed by atoms with Gasteiger partial charge in [-0.3, -0.25) is 9.59 Å². The molecular weight excluding hydrogens is 552 g/mol. The van der Waals surface area contributed by atoms with Crippen molar-refractivity contribution in [1.29, 1.82) is 0 Å². The van der Waals surface area contributed by atoms with Crippen molar-refractivity contribution >= 4 is 34.5 Å². The second kappa shape index (κ2) is 11.5. The SMILES string of the molecule is CCc1ccc(-c2ccc(CC(=O)c3ccccc3OC=O)cc2-c2nc3ccccc3o2)c(-c2nc3ccccc3o2)c1. The van der Waals surface area contributed by atoms with Gasteiger partial charge in [-0.25, -0.2) is 9.97 Å². The highest BCUT2D eigenvalue weighted by Gasteiger charge is 2.21. The maximum absolute atomic E-state index is 13.4. The van der Waals surface area contributed by atoms with E-state index in [0.29, 0.717) is 35.0 Å². The molecule has 0 saturated carbocycles. The molecule has 2 aromatic heterocycles. The Balaban J connectivity index is 1.38. The fraction of sp³-hybridized carbons (Fsp3) is 0.0811. The molecule has 0 aliphatic rings. The Morgan fingerprint density at radius 1 is 0.682 bits per heavy atom. The van der Waals surface area contributed by atoms with Crippen molar-refractivity contribution in [2.24, 2.45) is 0 Å². The third kappa shape index (κ3) is 5.05. The first kappa shape index (κ1) is 27.0. The number of fused-ring (bicyclic) bond motifs is 2. The highest BCUT2D eigenvalue weighted by molar-refractivity contribution is 6.00. The lowest BCUT2D eigenvalue weighted by Crippen LogP contribution is -2.06. The van der Waals surface area contributed by atoms with Crippen LogP contribution in [0.2, 0.25) is 0 Å². The first-order chi connectivity index (χ1) is 21.6. The van der Waals surface area contributed by atoms with Gasteiger partial charge in [0.25, 0.3) is 6.47 Å². The number of para-hydroxylation sites is 5. The summed E-state index contributed by atoms with van der Waals surface area (Å²) in [5.74, 6) is 0.995. The average Bonchev–Trinajstić information content (AvgIpc) is 3.70. The molecule has 0 bridgehead atoms. The molecule has 0 aliphatic heterocycles. The molecular formula is C37H26N2O5. The predicted molar refractivity (Wildman–Crippen MR) is 168 cm³/mol. The van der Waals surface area contributed by atoms with E-state index in [0.717, 1.165) is 50.8 Å². The smallest absolute Gasteiger partial charge is 0.298 e. The number of ketones is 1. The van der Waals surface area contributed by atoms with Crippen molar-refractivity contribution in [3.05, 3.63) is 126 Å². The molecule has 0 N–H and O–H groups in total. The van der Waals surface area contributed by atoms with Crippen LogP contribution >= 0.6 is 0 Å². The van der Waals surface area contributed by atoms with Gasteiger partial charge in [0.15, 0.2) is 16.9 Å². The fourth-order valence-corrected chi connectivity index (χ4v) is 5.44. The zero-order valence-corrected chi connectivity index (χ0v) is 23.8. The van der Waals surface area contributed by atoms with E-state index in [2.05, 4.69) is 25.1 Å². The van der Waals surface area contributed by atoms with Gasteiger partial charge in [-0.15, -0.1) is 0 Å². The molecule has 5 aromatic carbocycles. The van der Waals surface area contributed by atoms with Crippen molar-refractivity contribution in [3.63, 3.8) is 0 Å². The highest BCUT2D eigenvalue weighted by atomic mass is 16.5. The third-order valence-electron chi connectivity index (χ3n) is 7.64. The Morgan fingerprint density at radius 3 is 1.82 bits per heavy atom. The van der Waals surface area contributed by atoms with E-state index in [1.54, 1.807) is 24.3 Å². The summed E-state index contributed by atoms with van der Waals surface area (Å²) in [6.07, 6.45) is 0.932. The van der Waals surface area contributed by atoms with Crippen LogP contribution in [0.25, 0.3) is 56.2 Å². The molecule has 2 heterocycles. The lowest BCUT2D eigenvalue weighted by atomic mass is 9.91. The quantitative estimate of drug-likeness (QED) is 0.125. The molecule has 0 spiro atoms. The normalized spacial score (nSPS) is 11.2. The van der Waals surface area contributed by atoms with Gasteiger partial charge in [0, 0.05) is 17.5 Å². The second-order valence-electron chi connectivity index (χ2n) is 10.4. The number of carbonyl (C=O) groups is 2. The van der Waals surface area contributed by atoms with Crippen LogP contribution < -0.4 is 4.74 Å². The predicted octanol–water partition coefficient (Wildman–Crippen LogP) is 8.49. The molecule has 0 fully saturated rings.